The molecule has 2 aromatic rings. The summed E-state index contributed by atoms with van der Waals surface area (Å²) in [5.41, 5.74) is 6.31. The number of nitrogen functional groups attached to an aromatic ring is 1. The van der Waals surface area contributed by atoms with E-state index in [0.717, 1.165) is 6.07 Å². The van der Waals surface area contributed by atoms with E-state index in [-0.39, 0.29) is 11.5 Å². The van der Waals surface area contributed by atoms with Gasteiger partial charge in [-0.1, -0.05) is 0 Å². The standard InChI is InChI=1S/C14H12F2N2O/c1-8-6-9(2-4-11(8)15)14(19)18-10-3-5-13(17)12(16)7-10/h2-7H,17H2,1H3,(H,18,19). The number of halogens is 2. The number of carbonyl (C=O) groups is 1. The Morgan fingerprint density at radius 1 is 1.11 bits per heavy atom. The van der Waals surface area contributed by atoms with Crippen molar-refractivity contribution in [2.24, 2.45) is 0 Å². The molecule has 0 heterocycles. The molecule has 0 aliphatic heterocycles. The van der Waals surface area contributed by atoms with Crippen LogP contribution in [0.4, 0.5) is 20.2 Å². The van der Waals surface area contributed by atoms with Crippen LogP contribution in [0, 0.1) is 18.6 Å². The fourth-order valence-corrected chi connectivity index (χ4v) is 1.59. The summed E-state index contributed by atoms with van der Waals surface area (Å²) in [7, 11) is 0. The molecule has 19 heavy (non-hydrogen) atoms. The van der Waals surface area contributed by atoms with Crippen LogP contribution in [0.25, 0.3) is 0 Å². The van der Waals surface area contributed by atoms with Crippen LogP contribution in [0.3, 0.4) is 0 Å². The van der Waals surface area contributed by atoms with Gasteiger partial charge in [0.1, 0.15) is 11.6 Å². The first-order chi connectivity index (χ1) is 8.97. The van der Waals surface area contributed by atoms with Gasteiger partial charge in [0.05, 0.1) is 5.69 Å². The Balaban J connectivity index is 2.20. The van der Waals surface area contributed by atoms with E-state index in [4.69, 9.17) is 5.73 Å². The lowest BCUT2D eigenvalue weighted by Gasteiger charge is -2.07. The highest BCUT2D eigenvalue weighted by Gasteiger charge is 2.09. The molecule has 0 aromatic heterocycles. The minimum atomic E-state index is -0.604. The predicted octanol–water partition coefficient (Wildman–Crippen LogP) is 3.11. The first-order valence-electron chi connectivity index (χ1n) is 5.60. The number of nitrogens with one attached hydrogen (secondary N) is 1. The molecule has 3 N–H and O–H groups in total. The van der Waals surface area contributed by atoms with Gasteiger partial charge in [0, 0.05) is 11.3 Å². The summed E-state index contributed by atoms with van der Waals surface area (Å²) in [5, 5.41) is 2.52. The van der Waals surface area contributed by atoms with Crippen molar-refractivity contribution in [3.63, 3.8) is 0 Å². The fraction of sp³-hybridized carbons (Fsp3) is 0.0714. The Morgan fingerprint density at radius 2 is 1.84 bits per heavy atom. The molecule has 0 unspecified atom stereocenters. The van der Waals surface area contributed by atoms with Crippen molar-refractivity contribution in [2.75, 3.05) is 11.1 Å². The second-order valence-corrected chi connectivity index (χ2v) is 4.15. The van der Waals surface area contributed by atoms with Crippen LogP contribution in [-0.4, -0.2) is 5.91 Å². The van der Waals surface area contributed by atoms with Crippen LogP contribution in [-0.2, 0) is 0 Å². The van der Waals surface area contributed by atoms with Crippen LogP contribution in [0.15, 0.2) is 36.4 Å². The highest BCUT2D eigenvalue weighted by molar-refractivity contribution is 6.04. The number of hydrogen-bond donors (Lipinski definition) is 2. The monoisotopic (exact) mass is 262 g/mol. The number of benzene rings is 2. The zero-order valence-electron chi connectivity index (χ0n) is 10.2. The second kappa shape index (κ2) is 5.06. The Bertz CT molecular complexity index is 641. The second-order valence-electron chi connectivity index (χ2n) is 4.15. The van der Waals surface area contributed by atoms with Crippen molar-refractivity contribution in [3.8, 4) is 0 Å². The maximum Gasteiger partial charge on any atom is 0.255 e. The summed E-state index contributed by atoms with van der Waals surface area (Å²) >= 11 is 0. The van der Waals surface area contributed by atoms with Crippen molar-refractivity contribution in [1.29, 1.82) is 0 Å². The van der Waals surface area contributed by atoms with Gasteiger partial charge in [-0.3, -0.25) is 4.79 Å². The molecule has 5 heteroatoms. The molecule has 2 rings (SSSR count). The van der Waals surface area contributed by atoms with Crippen molar-refractivity contribution in [1.82, 2.24) is 0 Å². The third-order valence-electron chi connectivity index (χ3n) is 2.68. The number of anilines is 2. The summed E-state index contributed by atoms with van der Waals surface area (Å²) < 4.78 is 26.3. The molecule has 0 saturated heterocycles. The summed E-state index contributed by atoms with van der Waals surface area (Å²) in [6.07, 6.45) is 0. The maximum atomic E-state index is 13.2. The highest BCUT2D eigenvalue weighted by Crippen LogP contribution is 2.17. The summed E-state index contributed by atoms with van der Waals surface area (Å²) in [4.78, 5) is 11.9. The number of hydrogen-bond acceptors (Lipinski definition) is 2. The molecule has 0 fully saturated rings. The molecular formula is C14H12F2N2O. The summed E-state index contributed by atoms with van der Waals surface area (Å²) in [6.45, 7) is 1.56. The van der Waals surface area contributed by atoms with Gasteiger partial charge in [0.15, 0.2) is 0 Å². The van der Waals surface area contributed by atoms with Crippen LogP contribution in [0.1, 0.15) is 15.9 Å². The minimum absolute atomic E-state index is 0.00984. The average Bonchev–Trinajstić information content (AvgIpc) is 2.37. The lowest BCUT2D eigenvalue weighted by atomic mass is 10.1. The quantitative estimate of drug-likeness (QED) is 0.817. The molecule has 1 amide bonds. The molecule has 98 valence electrons. The molecule has 0 spiro atoms. The number of aryl methyl sites for hydroxylation is 1. The molecule has 0 aliphatic rings. The van der Waals surface area contributed by atoms with Crippen LogP contribution in [0.2, 0.25) is 0 Å². The SMILES string of the molecule is Cc1cc(C(=O)Nc2ccc(N)c(F)c2)ccc1F. The number of nitrogens with two attached hydrogens (primary N) is 1. The lowest BCUT2D eigenvalue weighted by Crippen LogP contribution is -2.12. The molecule has 0 bridgehead atoms. The first-order valence-corrected chi connectivity index (χ1v) is 5.60. The van der Waals surface area contributed by atoms with Crippen LogP contribution < -0.4 is 11.1 Å². The fourth-order valence-electron chi connectivity index (χ4n) is 1.59. The van der Waals surface area contributed by atoms with Gasteiger partial charge in [-0.05, 0) is 48.9 Å². The molecule has 0 saturated carbocycles. The van der Waals surface area contributed by atoms with Crippen molar-refractivity contribution < 1.29 is 13.6 Å². The topological polar surface area (TPSA) is 55.1 Å². The largest absolute Gasteiger partial charge is 0.396 e. The molecule has 2 aromatic carbocycles. The summed E-state index contributed by atoms with van der Waals surface area (Å²) in [6, 6.07) is 7.99. The Kier molecular flexibility index (Phi) is 3.46. The van der Waals surface area contributed by atoms with E-state index in [1.807, 2.05) is 0 Å². The van der Waals surface area contributed by atoms with Crippen molar-refractivity contribution in [3.05, 3.63) is 59.2 Å². The minimum Gasteiger partial charge on any atom is -0.396 e. The zero-order valence-corrected chi connectivity index (χ0v) is 10.2. The van der Waals surface area contributed by atoms with E-state index >= 15 is 0 Å². The normalized spacial score (nSPS) is 10.3. The predicted molar refractivity (Wildman–Crippen MR) is 69.9 cm³/mol. The maximum absolute atomic E-state index is 13.2. The van der Waals surface area contributed by atoms with Crippen LogP contribution >= 0.6 is 0 Å². The number of rotatable bonds is 2. The van der Waals surface area contributed by atoms with E-state index in [1.165, 1.54) is 30.3 Å². The third kappa shape index (κ3) is 2.88. The average molecular weight is 262 g/mol. The molecular weight excluding hydrogens is 250 g/mol. The van der Waals surface area contributed by atoms with Crippen molar-refractivity contribution >= 4 is 17.3 Å². The van der Waals surface area contributed by atoms with E-state index in [1.54, 1.807) is 6.92 Å². The molecule has 0 radical (unpaired) electrons. The van der Waals surface area contributed by atoms with E-state index in [2.05, 4.69) is 5.32 Å². The number of amides is 1. The highest BCUT2D eigenvalue weighted by atomic mass is 19.1. The third-order valence-corrected chi connectivity index (χ3v) is 2.68. The van der Waals surface area contributed by atoms with Gasteiger partial charge in [0.25, 0.3) is 5.91 Å². The van der Waals surface area contributed by atoms with Gasteiger partial charge in [0.2, 0.25) is 0 Å². The van der Waals surface area contributed by atoms with Gasteiger partial charge in [-0.2, -0.15) is 0 Å². The van der Waals surface area contributed by atoms with Gasteiger partial charge < -0.3 is 11.1 Å². The Hall–Kier alpha value is -2.43. The van der Waals surface area contributed by atoms with E-state index in [9.17, 15) is 13.6 Å². The van der Waals surface area contributed by atoms with Crippen molar-refractivity contribution in [2.45, 2.75) is 6.92 Å². The summed E-state index contributed by atoms with van der Waals surface area (Å²) in [5.74, 6) is -1.42. The smallest absolute Gasteiger partial charge is 0.255 e. The molecule has 0 atom stereocenters. The number of carbonyl (C=O) groups excluding carboxylic acids is 1. The van der Waals surface area contributed by atoms with Gasteiger partial charge in [-0.15, -0.1) is 0 Å². The van der Waals surface area contributed by atoms with E-state index < -0.39 is 11.7 Å². The lowest BCUT2D eigenvalue weighted by molar-refractivity contribution is 0.102. The van der Waals surface area contributed by atoms with Gasteiger partial charge in [-0.25, -0.2) is 8.78 Å². The van der Waals surface area contributed by atoms with E-state index in [0.29, 0.717) is 16.8 Å². The Labute approximate surface area is 109 Å². The van der Waals surface area contributed by atoms with Crippen LogP contribution in [0.5, 0.6) is 0 Å². The molecule has 0 aliphatic carbocycles. The zero-order chi connectivity index (χ0) is 14.0. The first kappa shape index (κ1) is 13.0. The Morgan fingerprint density at radius 3 is 2.47 bits per heavy atom. The molecule has 3 nitrogen and oxygen atoms in total. The van der Waals surface area contributed by atoms with Gasteiger partial charge >= 0.3 is 0 Å².